The lowest BCUT2D eigenvalue weighted by molar-refractivity contribution is 0.884. The molecule has 0 atom stereocenters. The number of nitrogens with one attached hydrogen (secondary N) is 2. The van der Waals surface area contributed by atoms with Crippen LogP contribution in [0.1, 0.15) is 13.8 Å². The molecule has 0 amide bonds. The van der Waals surface area contributed by atoms with Gasteiger partial charge in [-0.2, -0.15) is 5.10 Å². The SMILES string of the molecule is CC(C)Nc1cc(-c2csc(Cl)c2)[nH]n1. The average Bonchev–Trinajstić information content (AvgIpc) is 2.72. The summed E-state index contributed by atoms with van der Waals surface area (Å²) in [6.45, 7) is 4.16. The van der Waals surface area contributed by atoms with Gasteiger partial charge in [0.15, 0.2) is 0 Å². The lowest BCUT2D eigenvalue weighted by atomic mass is 10.2. The summed E-state index contributed by atoms with van der Waals surface area (Å²) in [4.78, 5) is 0. The molecule has 2 N–H and O–H groups in total. The van der Waals surface area contributed by atoms with Crippen molar-refractivity contribution in [1.29, 1.82) is 0 Å². The van der Waals surface area contributed by atoms with Crippen LogP contribution in [-0.2, 0) is 0 Å². The molecule has 0 saturated carbocycles. The van der Waals surface area contributed by atoms with Gasteiger partial charge in [-0.3, -0.25) is 5.10 Å². The van der Waals surface area contributed by atoms with E-state index in [9.17, 15) is 0 Å². The van der Waals surface area contributed by atoms with E-state index in [1.165, 1.54) is 11.3 Å². The molecule has 2 aromatic rings. The van der Waals surface area contributed by atoms with E-state index >= 15 is 0 Å². The maximum atomic E-state index is 5.87. The standard InChI is InChI=1S/C10H12ClN3S/c1-6(2)12-10-4-8(13-14-10)7-3-9(11)15-5-7/h3-6H,1-2H3,(H2,12,13,14). The predicted octanol–water partition coefficient (Wildman–Crippen LogP) is 3.61. The quantitative estimate of drug-likeness (QED) is 0.862. The topological polar surface area (TPSA) is 40.7 Å². The van der Waals surface area contributed by atoms with Gasteiger partial charge in [0.25, 0.3) is 0 Å². The summed E-state index contributed by atoms with van der Waals surface area (Å²) < 4.78 is 0.790. The van der Waals surface area contributed by atoms with Gasteiger partial charge in [0.05, 0.1) is 10.0 Å². The van der Waals surface area contributed by atoms with Gasteiger partial charge >= 0.3 is 0 Å². The van der Waals surface area contributed by atoms with Crippen molar-refractivity contribution >= 4 is 28.8 Å². The van der Waals surface area contributed by atoms with Crippen LogP contribution in [0.25, 0.3) is 11.3 Å². The number of halogens is 1. The molecular weight excluding hydrogens is 230 g/mol. The monoisotopic (exact) mass is 241 g/mol. The third-order valence-electron chi connectivity index (χ3n) is 1.89. The second-order valence-electron chi connectivity index (χ2n) is 3.61. The number of H-pyrrole nitrogens is 1. The average molecular weight is 242 g/mol. The normalized spacial score (nSPS) is 10.9. The van der Waals surface area contributed by atoms with Crippen LogP contribution >= 0.6 is 22.9 Å². The third-order valence-corrected chi connectivity index (χ3v) is 2.98. The number of rotatable bonds is 3. The zero-order chi connectivity index (χ0) is 10.8. The second-order valence-corrected chi connectivity index (χ2v) is 5.15. The van der Waals surface area contributed by atoms with E-state index in [-0.39, 0.29) is 0 Å². The van der Waals surface area contributed by atoms with Crippen LogP contribution in [0.15, 0.2) is 17.5 Å². The number of aromatic amines is 1. The van der Waals surface area contributed by atoms with Crippen molar-refractivity contribution in [2.24, 2.45) is 0 Å². The fourth-order valence-electron chi connectivity index (χ4n) is 1.29. The number of aromatic nitrogens is 2. The molecule has 0 fully saturated rings. The number of hydrogen-bond acceptors (Lipinski definition) is 3. The number of anilines is 1. The van der Waals surface area contributed by atoms with E-state index in [1.54, 1.807) is 0 Å². The van der Waals surface area contributed by atoms with E-state index in [1.807, 2.05) is 17.5 Å². The van der Waals surface area contributed by atoms with Crippen molar-refractivity contribution < 1.29 is 0 Å². The highest BCUT2D eigenvalue weighted by Crippen LogP contribution is 2.28. The van der Waals surface area contributed by atoms with Crippen molar-refractivity contribution in [1.82, 2.24) is 10.2 Å². The summed E-state index contributed by atoms with van der Waals surface area (Å²) in [6.07, 6.45) is 0. The molecule has 2 rings (SSSR count). The Balaban J connectivity index is 2.20. The molecular formula is C10H12ClN3S. The van der Waals surface area contributed by atoms with Gasteiger partial charge in [-0.15, -0.1) is 11.3 Å². The van der Waals surface area contributed by atoms with Crippen LogP contribution in [0, 0.1) is 0 Å². The maximum Gasteiger partial charge on any atom is 0.148 e. The summed E-state index contributed by atoms with van der Waals surface area (Å²) in [6, 6.07) is 4.30. The molecule has 0 unspecified atom stereocenters. The first kappa shape index (κ1) is 10.5. The second kappa shape index (κ2) is 4.24. The zero-order valence-corrected chi connectivity index (χ0v) is 10.1. The summed E-state index contributed by atoms with van der Waals surface area (Å²) in [5.41, 5.74) is 2.07. The Morgan fingerprint density at radius 3 is 2.87 bits per heavy atom. The van der Waals surface area contributed by atoms with Gasteiger partial charge in [-0.25, -0.2) is 0 Å². The van der Waals surface area contributed by atoms with Crippen LogP contribution in [0.2, 0.25) is 4.34 Å². The molecule has 0 aliphatic carbocycles. The first-order valence-electron chi connectivity index (χ1n) is 4.71. The molecule has 2 heterocycles. The van der Waals surface area contributed by atoms with Crippen LogP contribution in [-0.4, -0.2) is 16.2 Å². The number of thiophene rings is 1. The van der Waals surface area contributed by atoms with Gasteiger partial charge in [-0.1, -0.05) is 11.6 Å². The predicted molar refractivity (Wildman–Crippen MR) is 65.7 cm³/mol. The highest BCUT2D eigenvalue weighted by atomic mass is 35.5. The minimum atomic E-state index is 0.382. The van der Waals surface area contributed by atoms with E-state index in [0.29, 0.717) is 6.04 Å². The van der Waals surface area contributed by atoms with Gasteiger partial charge in [-0.05, 0) is 19.9 Å². The molecule has 3 nitrogen and oxygen atoms in total. The highest BCUT2D eigenvalue weighted by Gasteiger charge is 2.06. The van der Waals surface area contributed by atoms with Gasteiger partial charge < -0.3 is 5.32 Å². The Labute approximate surface area is 97.5 Å². The van der Waals surface area contributed by atoms with Crippen molar-refractivity contribution in [3.05, 3.63) is 21.8 Å². The largest absolute Gasteiger partial charge is 0.366 e. The fourth-order valence-corrected chi connectivity index (χ4v) is 2.17. The van der Waals surface area contributed by atoms with Gasteiger partial charge in [0.2, 0.25) is 0 Å². The van der Waals surface area contributed by atoms with Crippen LogP contribution in [0.3, 0.4) is 0 Å². The van der Waals surface area contributed by atoms with Crippen LogP contribution in [0.4, 0.5) is 5.82 Å². The van der Waals surface area contributed by atoms with Crippen molar-refractivity contribution in [2.75, 3.05) is 5.32 Å². The molecule has 2 aromatic heterocycles. The summed E-state index contributed by atoms with van der Waals surface area (Å²) in [5.74, 6) is 0.863. The number of nitrogens with zero attached hydrogens (tertiary/aromatic N) is 1. The Hall–Kier alpha value is -1.00. The first-order valence-corrected chi connectivity index (χ1v) is 5.97. The molecule has 0 aliphatic rings. The molecule has 80 valence electrons. The summed E-state index contributed by atoms with van der Waals surface area (Å²) >= 11 is 7.39. The van der Waals surface area contributed by atoms with E-state index in [4.69, 9.17) is 11.6 Å². The minimum Gasteiger partial charge on any atom is -0.366 e. The molecule has 5 heteroatoms. The minimum absolute atomic E-state index is 0.382. The molecule has 0 radical (unpaired) electrons. The molecule has 0 spiro atoms. The van der Waals surface area contributed by atoms with Gasteiger partial charge in [0.1, 0.15) is 5.82 Å². The zero-order valence-electron chi connectivity index (χ0n) is 8.54. The third kappa shape index (κ3) is 2.52. The maximum absolute atomic E-state index is 5.87. The van der Waals surface area contributed by atoms with Crippen molar-refractivity contribution in [3.63, 3.8) is 0 Å². The fraction of sp³-hybridized carbons (Fsp3) is 0.300. The Bertz CT molecular complexity index is 447. The Morgan fingerprint density at radius 2 is 2.27 bits per heavy atom. The van der Waals surface area contributed by atoms with Crippen LogP contribution < -0.4 is 5.32 Å². The van der Waals surface area contributed by atoms with Crippen molar-refractivity contribution in [2.45, 2.75) is 19.9 Å². The summed E-state index contributed by atoms with van der Waals surface area (Å²) in [7, 11) is 0. The molecule has 0 bridgehead atoms. The smallest absolute Gasteiger partial charge is 0.148 e. The van der Waals surface area contributed by atoms with Gasteiger partial charge in [0, 0.05) is 23.1 Å². The summed E-state index contributed by atoms with van der Waals surface area (Å²) in [5, 5.41) is 12.4. The molecule has 0 aliphatic heterocycles. The lowest BCUT2D eigenvalue weighted by Crippen LogP contribution is -2.09. The Kier molecular flexibility index (Phi) is 2.98. The van der Waals surface area contributed by atoms with Crippen LogP contribution in [0.5, 0.6) is 0 Å². The van der Waals surface area contributed by atoms with Crippen molar-refractivity contribution in [3.8, 4) is 11.3 Å². The Morgan fingerprint density at radius 1 is 1.47 bits per heavy atom. The van der Waals surface area contributed by atoms with E-state index < -0.39 is 0 Å². The first-order chi connectivity index (χ1) is 7.15. The molecule has 0 saturated heterocycles. The number of hydrogen-bond donors (Lipinski definition) is 2. The molecule has 15 heavy (non-hydrogen) atoms. The van der Waals surface area contributed by atoms with E-state index in [2.05, 4.69) is 29.4 Å². The highest BCUT2D eigenvalue weighted by molar-refractivity contribution is 7.14. The molecule has 0 aromatic carbocycles. The van der Waals surface area contributed by atoms with E-state index in [0.717, 1.165) is 21.4 Å². The lowest BCUT2D eigenvalue weighted by Gasteiger charge is -2.04.